The minimum atomic E-state index is -4.01. The molecule has 2 N–H and O–H groups in total. The van der Waals surface area contributed by atoms with Crippen molar-refractivity contribution in [2.75, 3.05) is 23.9 Å². The Bertz CT molecular complexity index is 1260. The van der Waals surface area contributed by atoms with Gasteiger partial charge in [-0.15, -0.1) is 0 Å². The minimum Gasteiger partial charge on any atom is -0.495 e. The highest BCUT2D eigenvalue weighted by Crippen LogP contribution is 2.35. The maximum absolute atomic E-state index is 13.9. The van der Waals surface area contributed by atoms with Crippen LogP contribution < -0.4 is 24.2 Å². The maximum atomic E-state index is 13.9. The van der Waals surface area contributed by atoms with E-state index in [0.717, 1.165) is 6.07 Å². The van der Waals surface area contributed by atoms with Crippen molar-refractivity contribution >= 4 is 27.3 Å². The van der Waals surface area contributed by atoms with Crippen molar-refractivity contribution in [2.45, 2.75) is 4.90 Å². The number of sulfonamides is 1. The lowest BCUT2D eigenvalue weighted by Crippen LogP contribution is -2.16. The van der Waals surface area contributed by atoms with Crippen molar-refractivity contribution in [1.29, 1.82) is 0 Å². The molecule has 0 saturated carbocycles. The smallest absolute Gasteiger partial charge is 0.261 e. The molecular formula is C21H17FN2O6S. The van der Waals surface area contributed by atoms with Gasteiger partial charge in [0.1, 0.15) is 11.6 Å². The molecule has 1 aliphatic rings. The molecule has 0 saturated heterocycles. The highest BCUT2D eigenvalue weighted by Gasteiger charge is 2.21. The number of benzene rings is 3. The van der Waals surface area contributed by atoms with Crippen LogP contribution in [0, 0.1) is 5.82 Å². The number of ether oxygens (including phenoxy) is 3. The van der Waals surface area contributed by atoms with Gasteiger partial charge < -0.3 is 19.5 Å². The van der Waals surface area contributed by atoms with Crippen LogP contribution in [0.15, 0.2) is 65.6 Å². The van der Waals surface area contributed by atoms with Crippen molar-refractivity contribution in [3.8, 4) is 17.2 Å². The first-order chi connectivity index (χ1) is 14.9. The number of halogens is 1. The maximum Gasteiger partial charge on any atom is 0.261 e. The van der Waals surface area contributed by atoms with E-state index in [1.807, 2.05) is 0 Å². The number of nitrogens with one attached hydrogen (secondary N) is 2. The van der Waals surface area contributed by atoms with Gasteiger partial charge in [-0.25, -0.2) is 12.8 Å². The molecule has 0 spiro atoms. The quantitative estimate of drug-likeness (QED) is 0.602. The van der Waals surface area contributed by atoms with Crippen LogP contribution in [0.2, 0.25) is 0 Å². The summed E-state index contributed by atoms with van der Waals surface area (Å²) in [4.78, 5) is 12.3. The molecule has 1 heterocycles. The highest BCUT2D eigenvalue weighted by molar-refractivity contribution is 7.92. The minimum absolute atomic E-state index is 0.0646. The average molecular weight is 444 g/mol. The number of hydrogen-bond acceptors (Lipinski definition) is 6. The second-order valence-corrected chi connectivity index (χ2v) is 8.15. The first-order valence-electron chi connectivity index (χ1n) is 9.04. The Morgan fingerprint density at radius 2 is 1.81 bits per heavy atom. The van der Waals surface area contributed by atoms with Crippen LogP contribution in [0.3, 0.4) is 0 Å². The number of fused-ring (bicyclic) bond motifs is 1. The number of carbonyl (C=O) groups excluding carboxylic acids is 1. The van der Waals surface area contributed by atoms with Gasteiger partial charge in [-0.1, -0.05) is 12.1 Å². The van der Waals surface area contributed by atoms with Gasteiger partial charge in [0.05, 0.1) is 28.9 Å². The van der Waals surface area contributed by atoms with E-state index in [0.29, 0.717) is 11.5 Å². The molecule has 0 bridgehead atoms. The summed E-state index contributed by atoms with van der Waals surface area (Å²) < 4.78 is 57.8. The van der Waals surface area contributed by atoms with Crippen molar-refractivity contribution in [3.63, 3.8) is 0 Å². The van der Waals surface area contributed by atoms with Crippen LogP contribution in [0.4, 0.5) is 15.8 Å². The summed E-state index contributed by atoms with van der Waals surface area (Å²) in [6, 6.07) is 14.0. The van der Waals surface area contributed by atoms with Crippen LogP contribution in [0.25, 0.3) is 0 Å². The van der Waals surface area contributed by atoms with Crippen molar-refractivity contribution < 1.29 is 31.8 Å². The first-order valence-corrected chi connectivity index (χ1v) is 10.5. The highest BCUT2D eigenvalue weighted by atomic mass is 32.2. The van der Waals surface area contributed by atoms with Gasteiger partial charge in [0.2, 0.25) is 6.79 Å². The van der Waals surface area contributed by atoms with Crippen molar-refractivity contribution in [1.82, 2.24) is 0 Å². The van der Waals surface area contributed by atoms with Crippen LogP contribution in [-0.4, -0.2) is 28.2 Å². The largest absolute Gasteiger partial charge is 0.495 e. The van der Waals surface area contributed by atoms with E-state index in [9.17, 15) is 17.6 Å². The molecule has 10 heteroatoms. The molecule has 0 aromatic heterocycles. The number of rotatable bonds is 6. The third-order valence-corrected chi connectivity index (χ3v) is 5.85. The summed E-state index contributed by atoms with van der Waals surface area (Å²) >= 11 is 0. The summed E-state index contributed by atoms with van der Waals surface area (Å²) in [5.74, 6) is -0.285. The fourth-order valence-corrected chi connectivity index (χ4v) is 4.04. The van der Waals surface area contributed by atoms with E-state index in [2.05, 4.69) is 10.0 Å². The molecule has 0 radical (unpaired) electrons. The summed E-state index contributed by atoms with van der Waals surface area (Å²) in [5.41, 5.74) is 0.164. The molecule has 8 nitrogen and oxygen atoms in total. The van der Waals surface area contributed by atoms with Gasteiger partial charge in [-0.2, -0.15) is 0 Å². The Labute approximate surface area is 177 Å². The van der Waals surface area contributed by atoms with E-state index in [1.165, 1.54) is 55.6 Å². The van der Waals surface area contributed by atoms with E-state index in [4.69, 9.17) is 14.2 Å². The van der Waals surface area contributed by atoms with E-state index in [1.54, 1.807) is 6.07 Å². The van der Waals surface area contributed by atoms with E-state index >= 15 is 0 Å². The predicted octanol–water partition coefficient (Wildman–Crippen LogP) is 3.62. The molecule has 0 unspecified atom stereocenters. The van der Waals surface area contributed by atoms with Gasteiger partial charge in [0, 0.05) is 6.07 Å². The second kappa shape index (κ2) is 8.15. The average Bonchev–Trinajstić information content (AvgIpc) is 3.21. The molecule has 31 heavy (non-hydrogen) atoms. The molecule has 3 aromatic rings. The zero-order valence-electron chi connectivity index (χ0n) is 16.2. The lowest BCUT2D eigenvalue weighted by atomic mass is 10.2. The van der Waals surface area contributed by atoms with Gasteiger partial charge >= 0.3 is 0 Å². The van der Waals surface area contributed by atoms with E-state index in [-0.39, 0.29) is 34.4 Å². The fourth-order valence-electron chi connectivity index (χ4n) is 2.96. The third kappa shape index (κ3) is 4.24. The molecule has 0 fully saturated rings. The number of hydrogen-bond donors (Lipinski definition) is 2. The Kier molecular flexibility index (Phi) is 5.38. The van der Waals surface area contributed by atoms with Crippen LogP contribution in [0.1, 0.15) is 10.4 Å². The predicted molar refractivity (Wildman–Crippen MR) is 111 cm³/mol. The number of methoxy groups -OCH3 is 1. The summed E-state index contributed by atoms with van der Waals surface area (Å²) in [6.07, 6.45) is 0. The molecular weight excluding hydrogens is 427 g/mol. The zero-order chi connectivity index (χ0) is 22.0. The van der Waals surface area contributed by atoms with Gasteiger partial charge in [-0.3, -0.25) is 9.52 Å². The normalized spacial score (nSPS) is 12.3. The first kappa shape index (κ1) is 20.5. The standard InChI is InChI=1S/C21H17FN2O6S/c1-28-18-9-7-14(11-17(18)23-21(25)15-4-2-3-5-16(15)22)31(26,27)24-13-6-8-19-20(10-13)30-12-29-19/h2-11,24H,12H2,1H3,(H,23,25). The van der Waals surface area contributed by atoms with E-state index < -0.39 is 21.7 Å². The van der Waals surface area contributed by atoms with Gasteiger partial charge in [-0.05, 0) is 42.5 Å². The molecule has 1 amide bonds. The molecule has 4 rings (SSSR count). The topological polar surface area (TPSA) is 103 Å². The number of amides is 1. The molecule has 1 aliphatic heterocycles. The fraction of sp³-hybridized carbons (Fsp3) is 0.0952. The van der Waals surface area contributed by atoms with Crippen LogP contribution in [0.5, 0.6) is 17.2 Å². The second-order valence-electron chi connectivity index (χ2n) is 6.47. The van der Waals surface area contributed by atoms with Crippen LogP contribution >= 0.6 is 0 Å². The third-order valence-electron chi connectivity index (χ3n) is 4.47. The van der Waals surface area contributed by atoms with Crippen molar-refractivity contribution in [2.24, 2.45) is 0 Å². The lowest BCUT2D eigenvalue weighted by molar-refractivity contribution is 0.102. The molecule has 3 aromatic carbocycles. The Morgan fingerprint density at radius 1 is 1.03 bits per heavy atom. The van der Waals surface area contributed by atoms with Gasteiger partial charge in [0.15, 0.2) is 11.5 Å². The van der Waals surface area contributed by atoms with Crippen molar-refractivity contribution in [3.05, 3.63) is 72.0 Å². The number of carbonyl (C=O) groups is 1. The molecule has 160 valence electrons. The lowest BCUT2D eigenvalue weighted by Gasteiger charge is -2.14. The summed E-state index contributed by atoms with van der Waals surface area (Å²) in [7, 11) is -2.65. The Hall–Kier alpha value is -3.79. The summed E-state index contributed by atoms with van der Waals surface area (Å²) in [6.45, 7) is 0.0646. The summed E-state index contributed by atoms with van der Waals surface area (Å²) in [5, 5.41) is 2.50. The monoisotopic (exact) mass is 444 g/mol. The molecule has 0 atom stereocenters. The van der Waals surface area contributed by atoms with Gasteiger partial charge in [0.25, 0.3) is 15.9 Å². The SMILES string of the molecule is COc1ccc(S(=O)(=O)Nc2ccc3c(c2)OCO3)cc1NC(=O)c1ccccc1F. The zero-order valence-corrected chi connectivity index (χ0v) is 17.0. The molecule has 0 aliphatic carbocycles. The van der Waals surface area contributed by atoms with Crippen LogP contribution in [-0.2, 0) is 10.0 Å². The Morgan fingerprint density at radius 3 is 2.58 bits per heavy atom. The Balaban J connectivity index is 1.61. The number of anilines is 2.